The van der Waals surface area contributed by atoms with Gasteiger partial charge in [0.15, 0.2) is 0 Å². The molecule has 2 rings (SSSR count). The normalized spacial score (nSPS) is 21.5. The van der Waals surface area contributed by atoms with Gasteiger partial charge in [0, 0.05) is 32.7 Å². The van der Waals surface area contributed by atoms with E-state index >= 15 is 0 Å². The highest BCUT2D eigenvalue weighted by molar-refractivity contribution is 7.88. The van der Waals surface area contributed by atoms with Gasteiger partial charge in [0.25, 0.3) is 5.91 Å². The number of urea groups is 1. The van der Waals surface area contributed by atoms with Crippen LogP contribution in [0, 0.1) is 10.8 Å². The van der Waals surface area contributed by atoms with Gasteiger partial charge in [-0.3, -0.25) is 19.3 Å². The Bertz CT molecular complexity index is 1180. The summed E-state index contributed by atoms with van der Waals surface area (Å²) < 4.78 is 25.5. The molecular formula is C32H58N6O7S. The summed E-state index contributed by atoms with van der Waals surface area (Å²) in [6.07, 6.45) is 7.75. The standard InChI is InChI=1S/C32H58N6O7S/c1-9-15-22(25(39)28(41)33-19-10-2)34-27(40)23-16-14-20-38(23)29(42)26(32(6)17-12-11-13-18-32)36-30(43)35-24(31(3,4)5)21-37(7)46(8,44)45/h10,22-24,26,29,42H,2,9,11-21H2,1,3-8H3,(H,33,41)(H,34,40)(H2,35,36,43)/t22?,23-,24+,26+,29?/m0/s1. The molecule has 0 radical (unpaired) electrons. The van der Waals surface area contributed by atoms with Gasteiger partial charge in [0.1, 0.15) is 6.23 Å². The van der Waals surface area contributed by atoms with E-state index in [0.717, 1.165) is 38.4 Å². The Labute approximate surface area is 275 Å². The lowest BCUT2D eigenvalue weighted by atomic mass is 9.69. The molecule has 1 heterocycles. The number of aliphatic hydroxyl groups is 1. The SMILES string of the molecule is C=CCNC(=O)C(=O)C(CCC)NC(=O)[C@@H]1CCCN1C(O)[C@@H](NC(=O)N[C@H](CN(C)S(C)(=O)=O)C(C)(C)C)C1(C)CCCCC1. The second kappa shape index (κ2) is 17.0. The summed E-state index contributed by atoms with van der Waals surface area (Å²) in [5.41, 5.74) is -0.949. The highest BCUT2D eigenvalue weighted by atomic mass is 32.2. The lowest BCUT2D eigenvalue weighted by Gasteiger charge is -2.46. The van der Waals surface area contributed by atoms with Crippen molar-refractivity contribution in [1.29, 1.82) is 0 Å². The first-order valence-electron chi connectivity index (χ1n) is 16.5. The molecule has 264 valence electrons. The van der Waals surface area contributed by atoms with E-state index in [9.17, 15) is 32.7 Å². The number of aliphatic hydroxyl groups excluding tert-OH is 1. The number of nitrogens with zero attached hydrogens (tertiary/aromatic N) is 2. The average molecular weight is 671 g/mol. The molecule has 5 N–H and O–H groups in total. The number of hydrogen-bond donors (Lipinski definition) is 5. The van der Waals surface area contributed by atoms with E-state index in [0.29, 0.717) is 25.8 Å². The summed E-state index contributed by atoms with van der Waals surface area (Å²) >= 11 is 0. The summed E-state index contributed by atoms with van der Waals surface area (Å²) in [5.74, 6) is -1.98. The van der Waals surface area contributed by atoms with E-state index in [1.807, 2.05) is 34.6 Å². The van der Waals surface area contributed by atoms with Crippen LogP contribution in [0.4, 0.5) is 4.79 Å². The lowest BCUT2D eigenvalue weighted by Crippen LogP contribution is -2.64. The van der Waals surface area contributed by atoms with Crippen molar-refractivity contribution >= 4 is 33.7 Å². The third-order valence-electron chi connectivity index (χ3n) is 9.47. The number of carbonyl (C=O) groups is 4. The molecule has 1 aliphatic carbocycles. The number of ketones is 1. The highest BCUT2D eigenvalue weighted by Crippen LogP contribution is 2.41. The van der Waals surface area contributed by atoms with Crippen molar-refractivity contribution in [3.8, 4) is 0 Å². The number of likely N-dealkylation sites (N-methyl/N-ethyl adjacent to an activating group) is 1. The van der Waals surface area contributed by atoms with E-state index in [1.54, 1.807) is 4.90 Å². The fourth-order valence-electron chi connectivity index (χ4n) is 6.36. The molecule has 2 fully saturated rings. The van der Waals surface area contributed by atoms with E-state index in [1.165, 1.54) is 17.4 Å². The second-order valence-electron chi connectivity index (χ2n) is 14.3. The zero-order valence-corrected chi connectivity index (χ0v) is 29.7. The summed E-state index contributed by atoms with van der Waals surface area (Å²) in [6, 6.07) is -3.57. The van der Waals surface area contributed by atoms with Crippen LogP contribution >= 0.6 is 0 Å². The maximum absolute atomic E-state index is 13.6. The number of rotatable bonds is 16. The van der Waals surface area contributed by atoms with Crippen molar-refractivity contribution in [2.45, 2.75) is 123 Å². The van der Waals surface area contributed by atoms with E-state index in [2.05, 4.69) is 27.8 Å². The van der Waals surface area contributed by atoms with Gasteiger partial charge in [-0.15, -0.1) is 6.58 Å². The van der Waals surface area contributed by atoms with Crippen LogP contribution in [-0.2, 0) is 24.4 Å². The van der Waals surface area contributed by atoms with Crippen LogP contribution in [-0.4, -0.2) is 110 Å². The van der Waals surface area contributed by atoms with Gasteiger partial charge in [-0.2, -0.15) is 0 Å². The quantitative estimate of drug-likeness (QED) is 0.122. The second-order valence-corrected chi connectivity index (χ2v) is 16.4. The Morgan fingerprint density at radius 3 is 2.26 bits per heavy atom. The zero-order chi connectivity index (χ0) is 34.9. The van der Waals surface area contributed by atoms with Crippen molar-refractivity contribution in [3.63, 3.8) is 0 Å². The Hall–Kier alpha value is -2.55. The third kappa shape index (κ3) is 11.0. The van der Waals surface area contributed by atoms with E-state index in [-0.39, 0.29) is 19.5 Å². The van der Waals surface area contributed by atoms with Crippen LogP contribution in [0.3, 0.4) is 0 Å². The van der Waals surface area contributed by atoms with E-state index < -0.39 is 74.9 Å². The van der Waals surface area contributed by atoms with Crippen molar-refractivity contribution in [3.05, 3.63) is 12.7 Å². The third-order valence-corrected chi connectivity index (χ3v) is 10.7. The maximum Gasteiger partial charge on any atom is 0.315 e. The van der Waals surface area contributed by atoms with Crippen molar-refractivity contribution in [2.75, 3.05) is 32.9 Å². The topological polar surface area (TPSA) is 177 Å². The Morgan fingerprint density at radius 1 is 1.09 bits per heavy atom. The lowest BCUT2D eigenvalue weighted by molar-refractivity contribution is -0.141. The molecule has 46 heavy (non-hydrogen) atoms. The maximum atomic E-state index is 13.6. The molecule has 0 bridgehead atoms. The van der Waals surface area contributed by atoms with Crippen molar-refractivity contribution < 1.29 is 32.7 Å². The molecule has 5 atom stereocenters. The molecule has 13 nitrogen and oxygen atoms in total. The van der Waals surface area contributed by atoms with Crippen LogP contribution in [0.15, 0.2) is 12.7 Å². The number of nitrogens with one attached hydrogen (secondary N) is 4. The van der Waals surface area contributed by atoms with Gasteiger partial charge in [-0.25, -0.2) is 17.5 Å². The average Bonchev–Trinajstić information content (AvgIpc) is 3.47. The van der Waals surface area contributed by atoms with Crippen molar-refractivity contribution in [2.24, 2.45) is 10.8 Å². The molecule has 0 spiro atoms. The molecule has 1 saturated heterocycles. The van der Waals surface area contributed by atoms with Gasteiger partial charge >= 0.3 is 6.03 Å². The molecule has 0 aromatic heterocycles. The van der Waals surface area contributed by atoms with E-state index in [4.69, 9.17) is 0 Å². The minimum absolute atomic E-state index is 0.0673. The fraction of sp³-hybridized carbons (Fsp3) is 0.812. The number of carbonyl (C=O) groups excluding carboxylic acids is 4. The number of sulfonamides is 1. The van der Waals surface area contributed by atoms with Crippen LogP contribution in [0.1, 0.15) is 92.4 Å². The molecule has 4 amide bonds. The Kier molecular flexibility index (Phi) is 14.7. The molecule has 1 saturated carbocycles. The first kappa shape index (κ1) is 39.6. The first-order valence-corrected chi connectivity index (χ1v) is 18.4. The van der Waals surface area contributed by atoms with Gasteiger partial charge < -0.3 is 26.4 Å². The van der Waals surface area contributed by atoms with Crippen molar-refractivity contribution in [1.82, 2.24) is 30.5 Å². The largest absolute Gasteiger partial charge is 0.376 e. The summed E-state index contributed by atoms with van der Waals surface area (Å²) in [5, 5.41) is 23.2. The predicted molar refractivity (Wildman–Crippen MR) is 178 cm³/mol. The Balaban J connectivity index is 2.30. The van der Waals surface area contributed by atoms with Gasteiger partial charge in [0.05, 0.1) is 24.4 Å². The first-order chi connectivity index (χ1) is 21.4. The molecule has 2 aliphatic rings. The minimum Gasteiger partial charge on any atom is -0.376 e. The molecule has 0 aromatic carbocycles. The van der Waals surface area contributed by atoms with Gasteiger partial charge in [-0.05, 0) is 42.9 Å². The van der Waals surface area contributed by atoms with Crippen LogP contribution < -0.4 is 21.3 Å². The highest BCUT2D eigenvalue weighted by Gasteiger charge is 2.47. The van der Waals surface area contributed by atoms with Crippen LogP contribution in [0.5, 0.6) is 0 Å². The smallest absolute Gasteiger partial charge is 0.315 e. The summed E-state index contributed by atoms with van der Waals surface area (Å²) in [4.78, 5) is 54.1. The summed E-state index contributed by atoms with van der Waals surface area (Å²) in [6.45, 7) is 13.8. The molecule has 2 unspecified atom stereocenters. The number of amides is 4. The van der Waals surface area contributed by atoms with Crippen LogP contribution in [0.25, 0.3) is 0 Å². The zero-order valence-electron chi connectivity index (χ0n) is 28.9. The number of Topliss-reactive ketones (excluding diaryl/α,β-unsaturated/α-hetero) is 1. The number of hydrogen-bond acceptors (Lipinski definition) is 8. The molecule has 0 aromatic rings. The monoisotopic (exact) mass is 670 g/mol. The summed E-state index contributed by atoms with van der Waals surface area (Å²) in [7, 11) is -2.01. The predicted octanol–water partition coefficient (Wildman–Crippen LogP) is 1.87. The fourth-order valence-corrected chi connectivity index (χ4v) is 6.78. The molecule has 1 aliphatic heterocycles. The molecular weight excluding hydrogens is 612 g/mol. The Morgan fingerprint density at radius 2 is 1.72 bits per heavy atom. The van der Waals surface area contributed by atoms with Gasteiger partial charge in [-0.1, -0.05) is 66.4 Å². The van der Waals surface area contributed by atoms with Crippen LogP contribution in [0.2, 0.25) is 0 Å². The minimum atomic E-state index is -3.48. The molecule has 14 heteroatoms. The number of likely N-dealkylation sites (tertiary alicyclic amines) is 1. The van der Waals surface area contributed by atoms with Gasteiger partial charge in [0.2, 0.25) is 21.7 Å².